The quantitative estimate of drug-likeness (QED) is 0.468. The zero-order chi connectivity index (χ0) is 21.0. The molecule has 0 radical (unpaired) electrons. The van der Waals surface area contributed by atoms with E-state index in [2.05, 4.69) is 15.6 Å². The second kappa shape index (κ2) is 8.48. The lowest BCUT2D eigenvalue weighted by Crippen LogP contribution is -2.15. The summed E-state index contributed by atoms with van der Waals surface area (Å²) in [6, 6.07) is 10.7. The van der Waals surface area contributed by atoms with Gasteiger partial charge < -0.3 is 10.1 Å². The molecule has 0 aliphatic heterocycles. The molecule has 0 aliphatic carbocycles. The van der Waals surface area contributed by atoms with Crippen LogP contribution in [0.2, 0.25) is 0 Å². The van der Waals surface area contributed by atoms with Gasteiger partial charge >= 0.3 is 0 Å². The van der Waals surface area contributed by atoms with Gasteiger partial charge in [-0.3, -0.25) is 25.0 Å². The number of nitro benzene ring substituents is 1. The van der Waals surface area contributed by atoms with Gasteiger partial charge in [-0.25, -0.2) is 4.98 Å². The van der Waals surface area contributed by atoms with Gasteiger partial charge in [0.1, 0.15) is 11.4 Å². The van der Waals surface area contributed by atoms with Crippen LogP contribution in [0.1, 0.15) is 26.4 Å². The molecule has 0 atom stereocenters. The Bertz CT molecular complexity index is 1080. The van der Waals surface area contributed by atoms with E-state index in [1.54, 1.807) is 37.3 Å². The minimum Gasteiger partial charge on any atom is -0.497 e. The summed E-state index contributed by atoms with van der Waals surface area (Å²) in [5, 5.41) is 17.9. The van der Waals surface area contributed by atoms with Crippen LogP contribution in [0.15, 0.2) is 47.8 Å². The fourth-order valence-corrected chi connectivity index (χ4v) is 3.08. The van der Waals surface area contributed by atoms with Crippen molar-refractivity contribution in [2.24, 2.45) is 0 Å². The molecule has 0 spiro atoms. The highest BCUT2D eigenvalue weighted by Crippen LogP contribution is 2.23. The van der Waals surface area contributed by atoms with Crippen molar-refractivity contribution in [3.05, 3.63) is 74.8 Å². The van der Waals surface area contributed by atoms with Crippen molar-refractivity contribution < 1.29 is 19.2 Å². The second-order valence-electron chi connectivity index (χ2n) is 5.93. The van der Waals surface area contributed by atoms with Crippen LogP contribution in [0.3, 0.4) is 0 Å². The molecule has 0 fully saturated rings. The Balaban J connectivity index is 1.69. The van der Waals surface area contributed by atoms with E-state index in [1.165, 1.54) is 24.6 Å². The summed E-state index contributed by atoms with van der Waals surface area (Å²) in [6.07, 6.45) is 0. The van der Waals surface area contributed by atoms with Gasteiger partial charge in [0, 0.05) is 23.1 Å². The van der Waals surface area contributed by atoms with Crippen LogP contribution in [0.25, 0.3) is 0 Å². The van der Waals surface area contributed by atoms with Crippen molar-refractivity contribution in [1.29, 1.82) is 0 Å². The minimum atomic E-state index is -0.537. The Morgan fingerprint density at radius 3 is 2.48 bits per heavy atom. The second-order valence-corrected chi connectivity index (χ2v) is 6.79. The van der Waals surface area contributed by atoms with E-state index in [9.17, 15) is 19.7 Å². The first-order valence-electron chi connectivity index (χ1n) is 8.34. The van der Waals surface area contributed by atoms with Crippen molar-refractivity contribution in [2.75, 3.05) is 17.7 Å². The highest BCUT2D eigenvalue weighted by molar-refractivity contribution is 7.14. The monoisotopic (exact) mass is 412 g/mol. The molecule has 3 aromatic rings. The van der Waals surface area contributed by atoms with Gasteiger partial charge in [0.2, 0.25) is 0 Å². The van der Waals surface area contributed by atoms with Crippen molar-refractivity contribution in [3.8, 4) is 5.75 Å². The lowest BCUT2D eigenvalue weighted by molar-refractivity contribution is -0.384. The summed E-state index contributed by atoms with van der Waals surface area (Å²) in [7, 11) is 1.53. The number of hydrogen-bond donors (Lipinski definition) is 2. The Kier molecular flexibility index (Phi) is 5.84. The summed E-state index contributed by atoms with van der Waals surface area (Å²) in [6.45, 7) is 1.72. The number of carbonyl (C=O) groups excluding carboxylic acids is 2. The molecular weight excluding hydrogens is 396 g/mol. The number of ether oxygens (including phenoxy) is 1. The number of non-ortho nitro benzene ring substituents is 1. The maximum Gasteiger partial charge on any atom is 0.275 e. The molecule has 29 heavy (non-hydrogen) atoms. The molecule has 148 valence electrons. The number of anilines is 2. The third-order valence-corrected chi connectivity index (χ3v) is 4.75. The number of nitrogens with zero attached hydrogens (tertiary/aromatic N) is 2. The zero-order valence-corrected chi connectivity index (χ0v) is 16.3. The first-order valence-corrected chi connectivity index (χ1v) is 9.22. The lowest BCUT2D eigenvalue weighted by atomic mass is 10.2. The molecule has 2 aromatic carbocycles. The van der Waals surface area contributed by atoms with Gasteiger partial charge in [0.15, 0.2) is 5.13 Å². The highest BCUT2D eigenvalue weighted by atomic mass is 32.1. The topological polar surface area (TPSA) is 123 Å². The molecule has 2 amide bonds. The average molecular weight is 412 g/mol. The van der Waals surface area contributed by atoms with E-state index < -0.39 is 10.8 Å². The number of carbonyl (C=O) groups is 2. The Labute approximate surface area is 169 Å². The number of methoxy groups -OCH3 is 1. The van der Waals surface area contributed by atoms with E-state index in [-0.39, 0.29) is 22.4 Å². The number of nitro groups is 1. The smallest absolute Gasteiger partial charge is 0.275 e. The van der Waals surface area contributed by atoms with Crippen LogP contribution in [0.5, 0.6) is 5.75 Å². The van der Waals surface area contributed by atoms with Crippen LogP contribution in [-0.4, -0.2) is 28.8 Å². The van der Waals surface area contributed by atoms with Crippen LogP contribution >= 0.6 is 11.3 Å². The summed E-state index contributed by atoms with van der Waals surface area (Å²) in [5.41, 5.74) is 1.37. The summed E-state index contributed by atoms with van der Waals surface area (Å²) in [4.78, 5) is 39.2. The summed E-state index contributed by atoms with van der Waals surface area (Å²) >= 11 is 1.09. The van der Waals surface area contributed by atoms with Crippen molar-refractivity contribution >= 4 is 39.7 Å². The molecule has 3 rings (SSSR count). The van der Waals surface area contributed by atoms with E-state index in [4.69, 9.17) is 4.74 Å². The van der Waals surface area contributed by atoms with Gasteiger partial charge in [-0.05, 0) is 36.8 Å². The number of benzene rings is 2. The van der Waals surface area contributed by atoms with Gasteiger partial charge in [0.25, 0.3) is 17.5 Å². The molecule has 0 saturated heterocycles. The fourth-order valence-electron chi connectivity index (χ4n) is 2.39. The number of hydrogen-bond acceptors (Lipinski definition) is 7. The molecule has 1 aromatic heterocycles. The number of rotatable bonds is 6. The van der Waals surface area contributed by atoms with Crippen LogP contribution in [0, 0.1) is 17.0 Å². The van der Waals surface area contributed by atoms with Crippen molar-refractivity contribution in [2.45, 2.75) is 6.92 Å². The Hall–Kier alpha value is -3.79. The predicted octanol–water partition coefficient (Wildman–Crippen LogP) is 3.87. The molecule has 0 saturated carbocycles. The molecule has 0 bridgehead atoms. The molecule has 0 aliphatic rings. The van der Waals surface area contributed by atoms with Crippen LogP contribution < -0.4 is 15.4 Å². The maximum atomic E-state index is 12.4. The van der Waals surface area contributed by atoms with E-state index in [0.717, 1.165) is 11.3 Å². The highest BCUT2D eigenvalue weighted by Gasteiger charge is 2.16. The summed E-state index contributed by atoms with van der Waals surface area (Å²) in [5.74, 6) is -0.274. The van der Waals surface area contributed by atoms with Gasteiger partial charge in [-0.2, -0.15) is 0 Å². The summed E-state index contributed by atoms with van der Waals surface area (Å²) < 4.78 is 5.05. The minimum absolute atomic E-state index is 0.0888. The number of amides is 2. The van der Waals surface area contributed by atoms with E-state index >= 15 is 0 Å². The zero-order valence-electron chi connectivity index (χ0n) is 15.5. The predicted molar refractivity (Wildman–Crippen MR) is 109 cm³/mol. The number of nitrogens with one attached hydrogen (secondary N) is 2. The molecule has 1 heterocycles. The molecule has 10 heteroatoms. The van der Waals surface area contributed by atoms with Gasteiger partial charge in [-0.15, -0.1) is 11.3 Å². The molecule has 9 nitrogen and oxygen atoms in total. The van der Waals surface area contributed by atoms with Gasteiger partial charge in [0.05, 0.1) is 17.7 Å². The van der Waals surface area contributed by atoms with E-state index in [0.29, 0.717) is 22.6 Å². The van der Waals surface area contributed by atoms with Crippen molar-refractivity contribution in [1.82, 2.24) is 4.98 Å². The average Bonchev–Trinajstić information content (AvgIpc) is 3.18. The van der Waals surface area contributed by atoms with E-state index in [1.807, 2.05) is 0 Å². The fraction of sp³-hybridized carbons (Fsp3) is 0.105. The Morgan fingerprint density at radius 2 is 1.83 bits per heavy atom. The SMILES string of the molecule is COc1ccc(C(=O)Nc2nc(C(=O)Nc3cc([N+](=O)[O-])ccc3C)cs2)cc1. The largest absolute Gasteiger partial charge is 0.497 e. The van der Waals surface area contributed by atoms with Crippen LogP contribution in [-0.2, 0) is 0 Å². The Morgan fingerprint density at radius 1 is 1.10 bits per heavy atom. The lowest BCUT2D eigenvalue weighted by Gasteiger charge is -2.06. The number of thiazole rings is 1. The molecular formula is C19H16N4O5S. The molecule has 0 unspecified atom stereocenters. The van der Waals surface area contributed by atoms with Crippen molar-refractivity contribution in [3.63, 3.8) is 0 Å². The third-order valence-electron chi connectivity index (χ3n) is 3.99. The number of aromatic nitrogens is 1. The normalized spacial score (nSPS) is 10.3. The first-order chi connectivity index (χ1) is 13.9. The van der Waals surface area contributed by atoms with Gasteiger partial charge in [-0.1, -0.05) is 6.07 Å². The maximum absolute atomic E-state index is 12.4. The number of aryl methyl sites for hydroxylation is 1. The molecule has 2 N–H and O–H groups in total. The first kappa shape index (κ1) is 20.0. The van der Waals surface area contributed by atoms with Crippen LogP contribution in [0.4, 0.5) is 16.5 Å². The standard InChI is InChI=1S/C19H16N4O5S/c1-11-3-6-13(23(26)27)9-15(11)20-18(25)16-10-29-19(21-16)22-17(24)12-4-7-14(28-2)8-5-12/h3-10H,1-2H3,(H,20,25)(H,21,22,24). The third kappa shape index (κ3) is 4.74.